The molecule has 0 atom stereocenters. The zero-order chi connectivity index (χ0) is 32.8. The van der Waals surface area contributed by atoms with Crippen molar-refractivity contribution >= 4 is 16.7 Å². The Morgan fingerprint density at radius 3 is 2.52 bits per heavy atom. The summed E-state index contributed by atoms with van der Waals surface area (Å²) < 4.78 is 42.8. The fourth-order valence-corrected chi connectivity index (χ4v) is 5.77. The summed E-state index contributed by atoms with van der Waals surface area (Å²) in [5.41, 5.74) is 2.85. The van der Waals surface area contributed by atoms with Crippen LogP contribution in [0.3, 0.4) is 0 Å². The Labute approximate surface area is 269 Å². The van der Waals surface area contributed by atoms with E-state index in [-0.39, 0.29) is 29.7 Å². The lowest BCUT2D eigenvalue weighted by Crippen LogP contribution is -2.29. The van der Waals surface area contributed by atoms with Crippen molar-refractivity contribution in [3.63, 3.8) is 0 Å². The molecule has 4 aromatic rings. The van der Waals surface area contributed by atoms with Gasteiger partial charge in [0, 0.05) is 34.8 Å². The maximum absolute atomic E-state index is 15.1. The molecule has 1 aliphatic rings. The first-order valence-electron chi connectivity index (χ1n) is 15.7. The summed E-state index contributed by atoms with van der Waals surface area (Å²) in [6.45, 7) is 12.0. The molecule has 1 N–H and O–H groups in total. The molecule has 0 radical (unpaired) electrons. The van der Waals surface area contributed by atoms with E-state index in [1.165, 1.54) is 12.1 Å². The third-order valence-corrected chi connectivity index (χ3v) is 8.09. The van der Waals surface area contributed by atoms with E-state index in [1.54, 1.807) is 24.8 Å². The number of ether oxygens (including phenoxy) is 2. The van der Waals surface area contributed by atoms with Crippen molar-refractivity contribution in [3.05, 3.63) is 102 Å². The number of likely N-dealkylation sites (tertiary alicyclic amines) is 1. The minimum Gasteiger partial charge on any atom is -0.495 e. The highest BCUT2D eigenvalue weighted by molar-refractivity contribution is 5.91. The highest BCUT2D eigenvalue weighted by atomic mass is 19.1. The van der Waals surface area contributed by atoms with Crippen molar-refractivity contribution in [2.75, 3.05) is 39.2 Å². The number of hydrogen-bond acceptors (Lipinski definition) is 7. The molecule has 0 saturated carbocycles. The molecule has 0 bridgehead atoms. The zero-order valence-corrected chi connectivity index (χ0v) is 27.2. The van der Waals surface area contributed by atoms with Gasteiger partial charge in [0.25, 0.3) is 0 Å². The number of nitrogens with one attached hydrogen (secondary N) is 1. The number of para-hydroxylation sites is 1. The molecule has 1 saturated heterocycles. The van der Waals surface area contributed by atoms with E-state index in [4.69, 9.17) is 24.5 Å². The molecule has 46 heavy (non-hydrogen) atoms. The minimum atomic E-state index is -0.695. The van der Waals surface area contributed by atoms with Gasteiger partial charge in [-0.2, -0.15) is 5.10 Å². The van der Waals surface area contributed by atoms with Gasteiger partial charge in [-0.05, 0) is 70.0 Å². The van der Waals surface area contributed by atoms with E-state index in [1.807, 2.05) is 42.6 Å². The third-order valence-electron chi connectivity index (χ3n) is 8.09. The second-order valence-corrected chi connectivity index (χ2v) is 11.8. The number of rotatable bonds is 12. The van der Waals surface area contributed by atoms with Gasteiger partial charge < -0.3 is 19.7 Å². The van der Waals surface area contributed by atoms with E-state index in [0.29, 0.717) is 35.2 Å². The number of hydrogen-bond donors (Lipinski definition) is 1. The van der Waals surface area contributed by atoms with E-state index >= 15 is 8.78 Å². The lowest BCUT2D eigenvalue weighted by molar-refractivity contribution is 0.255. The smallest absolute Gasteiger partial charge is 0.182 e. The minimum absolute atomic E-state index is 0.104. The van der Waals surface area contributed by atoms with Crippen LogP contribution < -0.4 is 10.1 Å². The van der Waals surface area contributed by atoms with Crippen LogP contribution in [0.15, 0.2) is 78.9 Å². The van der Waals surface area contributed by atoms with Crippen LogP contribution in [-0.2, 0) is 11.3 Å². The first kappa shape index (κ1) is 32.8. The van der Waals surface area contributed by atoms with Crippen LogP contribution in [0.4, 0.5) is 14.6 Å². The highest BCUT2D eigenvalue weighted by Gasteiger charge is 2.25. The average molecular weight is 629 g/mol. The molecule has 10 heteroatoms. The van der Waals surface area contributed by atoms with Crippen LogP contribution in [0.5, 0.6) is 5.75 Å². The van der Waals surface area contributed by atoms with Crippen LogP contribution in [0, 0.1) is 17.6 Å². The summed E-state index contributed by atoms with van der Waals surface area (Å²) in [6.07, 6.45) is 9.44. The number of allylic oxidation sites excluding steroid dienone is 3. The SMILES string of the molecule is C=C/C=C(Nc1nc(-c2nn(Cc3c(F)cc(OCC)cc3F)c3ccccc23)ncc1C1CCN(C)CC1)\C(=C/C(C)C)OC. The Morgan fingerprint density at radius 1 is 1.15 bits per heavy atom. The standard InChI is InChI=1S/C36H42F2N6O2/c1-7-11-31(33(45-6)18-23(3)4)40-35-27(24-14-16-43(5)17-15-24)21-39-36(41-35)34-26-12-9-10-13-32(26)44(42-34)22-28-29(37)19-25(46-8-2)20-30(28)38/h7,9-13,18-21,23-24H,1,8,14-17,22H2,2-6H3,(H,39,40,41)/b31-11+,33-18+. The normalized spacial score (nSPS) is 15.0. The highest BCUT2D eigenvalue weighted by Crippen LogP contribution is 2.35. The molecular weight excluding hydrogens is 586 g/mol. The van der Waals surface area contributed by atoms with Crippen LogP contribution in [0.1, 0.15) is 50.7 Å². The topological polar surface area (TPSA) is 77.3 Å². The predicted octanol–water partition coefficient (Wildman–Crippen LogP) is 7.70. The van der Waals surface area contributed by atoms with E-state index < -0.39 is 11.6 Å². The molecule has 2 aromatic carbocycles. The van der Waals surface area contributed by atoms with Gasteiger partial charge in [0.2, 0.25) is 0 Å². The molecule has 242 valence electrons. The summed E-state index contributed by atoms with van der Waals surface area (Å²) in [5.74, 6) is 0.999. The van der Waals surface area contributed by atoms with Gasteiger partial charge in [0.1, 0.15) is 34.7 Å². The van der Waals surface area contributed by atoms with Gasteiger partial charge >= 0.3 is 0 Å². The Hall–Kier alpha value is -4.57. The third kappa shape index (κ3) is 7.28. The Morgan fingerprint density at radius 2 is 1.87 bits per heavy atom. The molecule has 0 unspecified atom stereocenters. The number of anilines is 1. The largest absolute Gasteiger partial charge is 0.495 e. The summed E-state index contributed by atoms with van der Waals surface area (Å²) in [6, 6.07) is 9.95. The molecule has 0 aliphatic carbocycles. The number of aromatic nitrogens is 4. The first-order chi connectivity index (χ1) is 22.2. The molecule has 0 spiro atoms. The van der Waals surface area contributed by atoms with Crippen molar-refractivity contribution in [2.45, 2.75) is 46.1 Å². The summed E-state index contributed by atoms with van der Waals surface area (Å²) in [7, 11) is 3.78. The van der Waals surface area contributed by atoms with Gasteiger partial charge in [-0.25, -0.2) is 18.7 Å². The predicted molar refractivity (Wildman–Crippen MR) is 179 cm³/mol. The van der Waals surface area contributed by atoms with Crippen LogP contribution in [-0.4, -0.2) is 58.5 Å². The average Bonchev–Trinajstić information content (AvgIpc) is 3.40. The van der Waals surface area contributed by atoms with Gasteiger partial charge in [-0.3, -0.25) is 4.68 Å². The van der Waals surface area contributed by atoms with Crippen molar-refractivity contribution in [3.8, 4) is 17.3 Å². The fourth-order valence-electron chi connectivity index (χ4n) is 5.77. The van der Waals surface area contributed by atoms with Crippen molar-refractivity contribution in [1.29, 1.82) is 0 Å². The molecule has 8 nitrogen and oxygen atoms in total. The van der Waals surface area contributed by atoms with Crippen molar-refractivity contribution in [2.24, 2.45) is 5.92 Å². The molecule has 0 amide bonds. The maximum atomic E-state index is 15.1. The first-order valence-corrected chi connectivity index (χ1v) is 15.7. The monoisotopic (exact) mass is 628 g/mol. The molecule has 5 rings (SSSR count). The van der Waals surface area contributed by atoms with E-state index in [9.17, 15) is 0 Å². The molecule has 1 aliphatic heterocycles. The van der Waals surface area contributed by atoms with Gasteiger partial charge in [-0.1, -0.05) is 44.7 Å². The van der Waals surface area contributed by atoms with Crippen LogP contribution in [0.25, 0.3) is 22.4 Å². The lowest BCUT2D eigenvalue weighted by atomic mass is 9.90. The van der Waals surface area contributed by atoms with Crippen LogP contribution in [0.2, 0.25) is 0 Å². The number of piperidine rings is 1. The number of benzene rings is 2. The maximum Gasteiger partial charge on any atom is 0.182 e. The molecule has 1 fully saturated rings. The van der Waals surface area contributed by atoms with Gasteiger partial charge in [0.05, 0.1) is 31.5 Å². The Balaban J connectivity index is 1.60. The number of halogens is 2. The summed E-state index contributed by atoms with van der Waals surface area (Å²) >= 11 is 0. The summed E-state index contributed by atoms with van der Waals surface area (Å²) in [4.78, 5) is 12.2. The molecule has 3 heterocycles. The molecular formula is C36H42F2N6O2. The number of methoxy groups -OCH3 is 1. The second-order valence-electron chi connectivity index (χ2n) is 11.8. The van der Waals surface area contributed by atoms with Gasteiger partial charge in [-0.15, -0.1) is 0 Å². The number of fused-ring (bicyclic) bond motifs is 1. The quantitative estimate of drug-likeness (QED) is 0.127. The van der Waals surface area contributed by atoms with E-state index in [2.05, 4.69) is 37.7 Å². The Bertz CT molecular complexity index is 1730. The van der Waals surface area contributed by atoms with E-state index in [0.717, 1.165) is 42.6 Å². The van der Waals surface area contributed by atoms with Crippen molar-refractivity contribution < 1.29 is 18.3 Å². The zero-order valence-electron chi connectivity index (χ0n) is 27.2. The molecule has 2 aromatic heterocycles. The van der Waals surface area contributed by atoms with Crippen molar-refractivity contribution in [1.82, 2.24) is 24.6 Å². The Kier molecular flexibility index (Phi) is 10.5. The number of nitrogens with zero attached hydrogens (tertiary/aromatic N) is 5. The fraction of sp³-hybridized carbons (Fsp3) is 0.361. The van der Waals surface area contributed by atoms with Gasteiger partial charge in [0.15, 0.2) is 5.82 Å². The lowest BCUT2D eigenvalue weighted by Gasteiger charge is -2.30. The second kappa shape index (κ2) is 14.7. The van der Waals surface area contributed by atoms with Crippen LogP contribution >= 0.6 is 0 Å². The summed E-state index contributed by atoms with van der Waals surface area (Å²) in [5, 5.41) is 9.13.